The van der Waals surface area contributed by atoms with Gasteiger partial charge in [-0.2, -0.15) is 0 Å². The van der Waals surface area contributed by atoms with Gasteiger partial charge in [0, 0.05) is 54.5 Å². The second-order valence-corrected chi connectivity index (χ2v) is 31.6. The number of furan rings is 1. The summed E-state index contributed by atoms with van der Waals surface area (Å²) in [5.41, 5.74) is 26.9. The summed E-state index contributed by atoms with van der Waals surface area (Å²) < 4.78 is 33.1. The molecule has 7 aromatic heterocycles. The summed E-state index contributed by atoms with van der Waals surface area (Å²) in [5.74, 6) is 0. The van der Waals surface area contributed by atoms with Crippen molar-refractivity contribution in [3.8, 4) is 61.6 Å². The average Bonchev–Trinajstić information content (AvgIpc) is 1.57. The van der Waals surface area contributed by atoms with Crippen molar-refractivity contribution in [3.63, 3.8) is 0 Å². The molecule has 27 rings (SSSR count). The minimum atomic E-state index is 0.880. The van der Waals surface area contributed by atoms with Gasteiger partial charge in [-0.25, -0.2) is 0 Å². The molecule has 27 aromatic rings. The molecule has 0 aliphatic carbocycles. The monoisotopic (exact) mass is 1540 g/mol. The van der Waals surface area contributed by atoms with Gasteiger partial charge in [0.1, 0.15) is 39.1 Å². The summed E-state index contributed by atoms with van der Waals surface area (Å²) in [7, 11) is 0. The van der Waals surface area contributed by atoms with E-state index in [9.17, 15) is 0 Å². The van der Waals surface area contributed by atoms with Gasteiger partial charge in [0.05, 0.1) is 54.9 Å². The van der Waals surface area contributed by atoms with Crippen LogP contribution >= 0.6 is 0 Å². The number of fused-ring (bicyclic) bond motifs is 15. The molecule has 0 saturated carbocycles. The van der Waals surface area contributed by atoms with Crippen LogP contribution in [0.2, 0.25) is 0 Å². The SMILES string of the molecule is c1cc(-c2cccc(-n3c4cccc5oc6ccccc6c6cccc3c6c54)c2)cc(-c2ccc3c4ccccc4c4ccccc4c3c2)c1.c1ccc(-c2cc(-c3ccccc3)cc(-n3c4cccc5oc6ccccc6c6cccc3c6c54)c2)cc1.c1ccc2c(c1)oc1c(-n3c4cccc5oc6ccccc6c6cccc3c6c54)cccc12. The fourth-order valence-corrected chi connectivity index (χ4v) is 19.7. The first-order chi connectivity index (χ1) is 60.0. The molecular formula is C114H69N3O4. The van der Waals surface area contributed by atoms with E-state index < -0.39 is 0 Å². The number of aromatic nitrogens is 3. The molecule has 0 amide bonds. The Labute approximate surface area is 692 Å². The summed E-state index contributed by atoms with van der Waals surface area (Å²) in [4.78, 5) is 0. The zero-order chi connectivity index (χ0) is 79.3. The maximum atomic E-state index is 6.58. The number of para-hydroxylation sites is 5. The average molecular weight is 1540 g/mol. The Morgan fingerprint density at radius 1 is 0.140 bits per heavy atom. The van der Waals surface area contributed by atoms with Crippen molar-refractivity contribution in [2.24, 2.45) is 0 Å². The van der Waals surface area contributed by atoms with E-state index in [1.165, 1.54) is 120 Å². The van der Waals surface area contributed by atoms with Gasteiger partial charge in [-0.3, -0.25) is 0 Å². The number of benzene rings is 20. The van der Waals surface area contributed by atoms with Crippen molar-refractivity contribution >= 4 is 185 Å². The van der Waals surface area contributed by atoms with Crippen LogP contribution in [0.3, 0.4) is 0 Å². The van der Waals surface area contributed by atoms with Gasteiger partial charge in [0.2, 0.25) is 0 Å². The molecule has 0 atom stereocenters. The lowest BCUT2D eigenvalue weighted by molar-refractivity contribution is 0.663. The van der Waals surface area contributed by atoms with Crippen LogP contribution < -0.4 is 0 Å². The summed E-state index contributed by atoms with van der Waals surface area (Å²) >= 11 is 0. The molecule has 7 heteroatoms. The number of hydrogen-bond acceptors (Lipinski definition) is 4. The maximum absolute atomic E-state index is 6.58. The molecule has 0 unspecified atom stereocenters. The van der Waals surface area contributed by atoms with Gasteiger partial charge in [0.25, 0.3) is 0 Å². The predicted molar refractivity (Wildman–Crippen MR) is 506 cm³/mol. The van der Waals surface area contributed by atoms with Gasteiger partial charge < -0.3 is 31.4 Å². The maximum Gasteiger partial charge on any atom is 0.159 e. The van der Waals surface area contributed by atoms with Crippen LogP contribution in [0.15, 0.2) is 436 Å². The lowest BCUT2D eigenvalue weighted by Gasteiger charge is -2.14. The second-order valence-electron chi connectivity index (χ2n) is 31.6. The van der Waals surface area contributed by atoms with Crippen LogP contribution in [0.4, 0.5) is 0 Å². The Hall–Kier alpha value is -16.2. The molecule has 7 nitrogen and oxygen atoms in total. The number of nitrogens with zero attached hydrogens (tertiary/aromatic N) is 3. The lowest BCUT2D eigenvalue weighted by atomic mass is 9.91. The highest BCUT2D eigenvalue weighted by Crippen LogP contribution is 2.48. The van der Waals surface area contributed by atoms with E-state index in [1.54, 1.807) is 0 Å². The van der Waals surface area contributed by atoms with Crippen LogP contribution in [0.5, 0.6) is 0 Å². The van der Waals surface area contributed by atoms with E-state index in [2.05, 4.69) is 396 Å². The third-order valence-corrected chi connectivity index (χ3v) is 24.9. The van der Waals surface area contributed by atoms with Crippen molar-refractivity contribution in [2.45, 2.75) is 0 Å². The Morgan fingerprint density at radius 2 is 0.430 bits per heavy atom. The topological polar surface area (TPSA) is 67.3 Å². The molecule has 0 N–H and O–H groups in total. The molecule has 0 spiro atoms. The van der Waals surface area contributed by atoms with Crippen LogP contribution in [0.25, 0.3) is 247 Å². The van der Waals surface area contributed by atoms with Crippen molar-refractivity contribution in [1.29, 1.82) is 0 Å². The highest BCUT2D eigenvalue weighted by molar-refractivity contribution is 6.31. The van der Waals surface area contributed by atoms with Crippen LogP contribution in [0, 0.1) is 0 Å². The molecule has 0 bridgehead atoms. The molecule has 121 heavy (non-hydrogen) atoms. The van der Waals surface area contributed by atoms with E-state index in [0.717, 1.165) is 127 Å². The fraction of sp³-hybridized carbons (Fsp3) is 0. The zero-order valence-electron chi connectivity index (χ0n) is 65.3. The summed E-state index contributed by atoms with van der Waals surface area (Å²) in [6.07, 6.45) is 0. The molecule has 0 aliphatic rings. The minimum Gasteiger partial charge on any atom is -0.456 e. The first-order valence-electron chi connectivity index (χ1n) is 41.3. The lowest BCUT2D eigenvalue weighted by Crippen LogP contribution is -1.96. The first kappa shape index (κ1) is 68.0. The van der Waals surface area contributed by atoms with E-state index >= 15 is 0 Å². The van der Waals surface area contributed by atoms with E-state index in [0.29, 0.717) is 0 Å². The third-order valence-electron chi connectivity index (χ3n) is 24.9. The van der Waals surface area contributed by atoms with Gasteiger partial charge in [-0.15, -0.1) is 0 Å². The van der Waals surface area contributed by atoms with Crippen molar-refractivity contribution in [2.75, 3.05) is 0 Å². The number of hydrogen-bond donors (Lipinski definition) is 0. The molecule has 0 aliphatic heterocycles. The summed E-state index contributed by atoms with van der Waals surface area (Å²) in [5, 5.41) is 24.1. The largest absolute Gasteiger partial charge is 0.456 e. The molecular weight excluding hydrogens is 1480 g/mol. The van der Waals surface area contributed by atoms with Crippen molar-refractivity contribution in [3.05, 3.63) is 419 Å². The Bertz CT molecular complexity index is 8840. The van der Waals surface area contributed by atoms with Gasteiger partial charge in [-0.05, 0) is 220 Å². The van der Waals surface area contributed by atoms with Crippen LogP contribution in [-0.2, 0) is 0 Å². The van der Waals surface area contributed by atoms with E-state index in [1.807, 2.05) is 36.4 Å². The summed E-state index contributed by atoms with van der Waals surface area (Å²) in [6, 6.07) is 149. The van der Waals surface area contributed by atoms with Gasteiger partial charge >= 0.3 is 0 Å². The zero-order valence-corrected chi connectivity index (χ0v) is 65.3. The second kappa shape index (κ2) is 27.2. The summed E-state index contributed by atoms with van der Waals surface area (Å²) in [6.45, 7) is 0. The Balaban J connectivity index is 0.000000103. The standard InChI is InChI=1S/C48H29NO.C36H23NO.C30H17NO2/c1-2-17-37-35(15-1)36-16-3-4-18-38(36)42-29-33(25-26-39(37)42)31-12-7-11-30(27-31)32-13-8-14-34(28-32)49-43-21-9-20-41-40-19-5-6-23-45(40)50-46-24-10-22-44(49)48(46)47(41)43;1-3-11-24(12-4-1)26-21-27(25-13-5-2-6-14-25)23-28(22-26)37-31-17-9-16-30-29-15-7-8-19-33(29)38-34-20-10-18-32(37)36(34)35(30)31;1-3-15-25-18(8-1)20-10-5-12-22-28(20)29-23(13-7-17-27(29)32-25)31(22)24-14-6-11-21-19-9-2-4-16-26(19)33-30(21)24/h1-29H;1-23H;1-17H. The molecule has 20 aromatic carbocycles. The van der Waals surface area contributed by atoms with Crippen molar-refractivity contribution < 1.29 is 17.7 Å². The van der Waals surface area contributed by atoms with Gasteiger partial charge in [0.15, 0.2) is 5.58 Å². The van der Waals surface area contributed by atoms with E-state index in [4.69, 9.17) is 17.7 Å². The quantitative estimate of drug-likeness (QED) is 0.149. The normalized spacial score (nSPS) is 12.0. The van der Waals surface area contributed by atoms with Crippen LogP contribution in [0.1, 0.15) is 0 Å². The highest BCUT2D eigenvalue weighted by atomic mass is 16.3. The van der Waals surface area contributed by atoms with Crippen LogP contribution in [-0.4, -0.2) is 13.7 Å². The highest BCUT2D eigenvalue weighted by Gasteiger charge is 2.25. The smallest absolute Gasteiger partial charge is 0.159 e. The van der Waals surface area contributed by atoms with Gasteiger partial charge in [-0.1, -0.05) is 291 Å². The Morgan fingerprint density at radius 3 is 0.909 bits per heavy atom. The molecule has 7 heterocycles. The molecule has 0 radical (unpaired) electrons. The molecule has 0 saturated heterocycles. The Kier molecular flexibility index (Phi) is 15.3. The minimum absolute atomic E-state index is 0.880. The van der Waals surface area contributed by atoms with E-state index in [-0.39, 0.29) is 0 Å². The first-order valence-corrected chi connectivity index (χ1v) is 41.3. The predicted octanol–water partition coefficient (Wildman–Crippen LogP) is 32.1. The fourth-order valence-electron chi connectivity index (χ4n) is 19.7. The molecule has 564 valence electrons. The molecule has 0 fully saturated rings. The third kappa shape index (κ3) is 10.7. The van der Waals surface area contributed by atoms with Crippen molar-refractivity contribution in [1.82, 2.24) is 13.7 Å². The number of rotatable bonds is 7.